The van der Waals surface area contributed by atoms with Crippen molar-refractivity contribution in [2.24, 2.45) is 5.92 Å². The molecule has 6 atom stereocenters. The van der Waals surface area contributed by atoms with E-state index in [1.54, 1.807) is 7.11 Å². The van der Waals surface area contributed by atoms with E-state index in [4.69, 9.17) is 10.5 Å². The quantitative estimate of drug-likeness (QED) is 0.503. The number of β-lactam (4-membered cyclic amide) rings is 1. The van der Waals surface area contributed by atoms with Crippen molar-refractivity contribution in [2.45, 2.75) is 80.2 Å². The lowest BCUT2D eigenvalue weighted by Gasteiger charge is -2.43. The summed E-state index contributed by atoms with van der Waals surface area (Å²) in [5, 5.41) is 14.6. The van der Waals surface area contributed by atoms with Gasteiger partial charge in [0.2, 0.25) is 11.8 Å². The first-order valence-electron chi connectivity index (χ1n) is 10.9. The summed E-state index contributed by atoms with van der Waals surface area (Å²) in [4.78, 5) is 42.8. The van der Waals surface area contributed by atoms with Crippen molar-refractivity contribution < 1.29 is 24.2 Å². The Kier molecular flexibility index (Phi) is 6.43. The number of anilines is 1. The molecule has 2 aliphatic heterocycles. The number of amides is 2. The number of hydrogen-bond donors (Lipinski definition) is 3. The maximum atomic E-state index is 12.7. The molecule has 176 valence electrons. The van der Waals surface area contributed by atoms with Gasteiger partial charge < -0.3 is 25.8 Å². The van der Waals surface area contributed by atoms with Gasteiger partial charge in [-0.1, -0.05) is 0 Å². The maximum Gasteiger partial charge on any atom is 0.327 e. The standard InChI is InChI=1S/C21H30N4O5S2/c1-21(2)16(19(28)29)25-17(27)15(18(25)32-21)24-14(26)7-5-10-4-6-11(30-3)8-12(10)13-9-31-20(22)23-13/h9-12,15-16,18H,4-8H2,1-3H3,(H2,22,23)(H,24,26)(H,28,29)/t10?,11-,12+,15+,16-,18+/m0/s1. The Balaban J connectivity index is 1.35. The van der Waals surface area contributed by atoms with Crippen molar-refractivity contribution >= 4 is 46.0 Å². The first-order chi connectivity index (χ1) is 15.1. The number of methoxy groups -OCH3 is 1. The maximum absolute atomic E-state index is 12.7. The number of aliphatic carboxylic acids is 1. The van der Waals surface area contributed by atoms with Crippen molar-refractivity contribution in [3.63, 3.8) is 0 Å². The molecule has 1 aromatic heterocycles. The molecule has 11 heteroatoms. The average molecular weight is 483 g/mol. The smallest absolute Gasteiger partial charge is 0.327 e. The van der Waals surface area contributed by atoms with Crippen LogP contribution in [0.4, 0.5) is 5.13 Å². The Bertz CT molecular complexity index is 907. The molecule has 1 aliphatic carbocycles. The third-order valence-corrected chi connectivity index (χ3v) is 9.20. The number of hydrogen-bond acceptors (Lipinski definition) is 8. The van der Waals surface area contributed by atoms with E-state index < -0.39 is 22.8 Å². The highest BCUT2D eigenvalue weighted by atomic mass is 32.2. The number of carboxylic acids is 1. The van der Waals surface area contributed by atoms with Gasteiger partial charge in [-0.15, -0.1) is 23.1 Å². The number of nitrogens with two attached hydrogens (primary N) is 1. The van der Waals surface area contributed by atoms with Crippen LogP contribution < -0.4 is 11.1 Å². The molecule has 0 radical (unpaired) electrons. The summed E-state index contributed by atoms with van der Waals surface area (Å²) < 4.78 is 4.97. The summed E-state index contributed by atoms with van der Waals surface area (Å²) in [6.07, 6.45) is 3.92. The molecule has 4 N–H and O–H groups in total. The van der Waals surface area contributed by atoms with Crippen LogP contribution in [0, 0.1) is 5.92 Å². The summed E-state index contributed by atoms with van der Waals surface area (Å²) >= 11 is 2.86. The summed E-state index contributed by atoms with van der Waals surface area (Å²) in [6.45, 7) is 3.64. The van der Waals surface area contributed by atoms with Crippen LogP contribution in [-0.4, -0.2) is 68.2 Å². The minimum absolute atomic E-state index is 0.175. The van der Waals surface area contributed by atoms with Gasteiger partial charge in [0.1, 0.15) is 17.5 Å². The molecule has 2 saturated heterocycles. The molecule has 3 aliphatic rings. The van der Waals surface area contributed by atoms with Gasteiger partial charge in [-0.3, -0.25) is 9.59 Å². The minimum Gasteiger partial charge on any atom is -0.480 e. The van der Waals surface area contributed by atoms with Crippen molar-refractivity contribution in [2.75, 3.05) is 12.8 Å². The highest BCUT2D eigenvalue weighted by Gasteiger charge is 2.64. The fourth-order valence-corrected chi connectivity index (χ4v) is 7.55. The third-order valence-electron chi connectivity index (χ3n) is 6.93. The first-order valence-corrected chi connectivity index (χ1v) is 12.6. The number of aromatic nitrogens is 1. The Labute approximate surface area is 195 Å². The molecular formula is C21H30N4O5S2. The number of ether oxygens (including phenoxy) is 1. The fraction of sp³-hybridized carbons (Fsp3) is 0.714. The molecule has 4 rings (SSSR count). The molecule has 1 aromatic rings. The number of nitrogen functional groups attached to an aromatic ring is 1. The Morgan fingerprint density at radius 1 is 1.41 bits per heavy atom. The van der Waals surface area contributed by atoms with Gasteiger partial charge in [0.15, 0.2) is 5.13 Å². The van der Waals surface area contributed by atoms with Gasteiger partial charge in [0.25, 0.3) is 0 Å². The molecule has 32 heavy (non-hydrogen) atoms. The fourth-order valence-electron chi connectivity index (χ4n) is 5.30. The second-order valence-electron chi connectivity index (χ2n) is 9.33. The predicted octanol–water partition coefficient (Wildman–Crippen LogP) is 2.04. The predicted molar refractivity (Wildman–Crippen MR) is 122 cm³/mol. The van der Waals surface area contributed by atoms with E-state index in [1.165, 1.54) is 28.0 Å². The summed E-state index contributed by atoms with van der Waals surface area (Å²) in [5.41, 5.74) is 6.80. The molecular weight excluding hydrogens is 452 g/mol. The number of nitrogens with zero attached hydrogens (tertiary/aromatic N) is 2. The SMILES string of the molecule is CO[C@H]1CCC(CCC(=O)N[C@@H]2C(=O)N3[C@@H]2SC(C)(C)[C@@H]3C(=O)O)[C@H](c2csc(N)n2)C1. The van der Waals surface area contributed by atoms with E-state index in [0.29, 0.717) is 23.9 Å². The highest BCUT2D eigenvalue weighted by Crippen LogP contribution is 2.50. The average Bonchev–Trinajstić information content (AvgIpc) is 3.28. The van der Waals surface area contributed by atoms with Crippen LogP contribution in [0.25, 0.3) is 0 Å². The number of carbonyl (C=O) groups is 3. The Hall–Kier alpha value is -1.85. The van der Waals surface area contributed by atoms with Gasteiger partial charge in [0, 0.05) is 29.6 Å². The zero-order valence-electron chi connectivity index (χ0n) is 18.4. The zero-order valence-corrected chi connectivity index (χ0v) is 20.1. The molecule has 1 saturated carbocycles. The first kappa shape index (κ1) is 23.3. The molecule has 3 heterocycles. The number of nitrogens with one attached hydrogen (secondary N) is 1. The van der Waals surface area contributed by atoms with Gasteiger partial charge in [-0.2, -0.15) is 0 Å². The molecule has 0 aromatic carbocycles. The van der Waals surface area contributed by atoms with E-state index in [1.807, 2.05) is 19.2 Å². The van der Waals surface area contributed by atoms with Crippen LogP contribution in [0.3, 0.4) is 0 Å². The van der Waals surface area contributed by atoms with E-state index >= 15 is 0 Å². The second kappa shape index (κ2) is 8.83. The van der Waals surface area contributed by atoms with Crippen molar-refractivity contribution in [1.29, 1.82) is 0 Å². The number of carbonyl (C=O) groups excluding carboxylic acids is 2. The van der Waals surface area contributed by atoms with E-state index in [0.717, 1.165) is 25.0 Å². The lowest BCUT2D eigenvalue weighted by molar-refractivity contribution is -0.161. The van der Waals surface area contributed by atoms with Crippen LogP contribution in [0.2, 0.25) is 0 Å². The van der Waals surface area contributed by atoms with Crippen molar-refractivity contribution in [3.8, 4) is 0 Å². The number of thiazole rings is 1. The minimum atomic E-state index is -1.01. The second-order valence-corrected chi connectivity index (χ2v) is 12.0. The van der Waals surface area contributed by atoms with Gasteiger partial charge in [-0.05, 0) is 45.4 Å². The topological polar surface area (TPSA) is 135 Å². The monoisotopic (exact) mass is 482 g/mol. The van der Waals surface area contributed by atoms with E-state index in [-0.39, 0.29) is 29.2 Å². The number of fused-ring (bicyclic) bond motifs is 1. The van der Waals surface area contributed by atoms with Crippen LogP contribution in [-0.2, 0) is 19.1 Å². The number of thioether (sulfide) groups is 1. The van der Waals surface area contributed by atoms with E-state index in [2.05, 4.69) is 10.3 Å². The number of carboxylic acid groups (broad SMARTS) is 1. The third kappa shape index (κ3) is 4.22. The van der Waals surface area contributed by atoms with Crippen LogP contribution in [0.15, 0.2) is 5.38 Å². The molecule has 3 fully saturated rings. The van der Waals surface area contributed by atoms with Gasteiger partial charge >= 0.3 is 5.97 Å². The molecule has 1 unspecified atom stereocenters. The Morgan fingerprint density at radius 2 is 2.16 bits per heavy atom. The lowest BCUT2D eigenvalue weighted by atomic mass is 9.74. The molecule has 0 spiro atoms. The van der Waals surface area contributed by atoms with Crippen LogP contribution in [0.1, 0.15) is 57.6 Å². The normalized spacial score (nSPS) is 33.5. The number of rotatable bonds is 7. The van der Waals surface area contributed by atoms with Crippen LogP contribution in [0.5, 0.6) is 0 Å². The van der Waals surface area contributed by atoms with Crippen molar-refractivity contribution in [1.82, 2.24) is 15.2 Å². The summed E-state index contributed by atoms with van der Waals surface area (Å²) in [6, 6.07) is -1.53. The van der Waals surface area contributed by atoms with Crippen LogP contribution >= 0.6 is 23.1 Å². The summed E-state index contributed by atoms with van der Waals surface area (Å²) in [5.74, 6) is -1.02. The lowest BCUT2D eigenvalue weighted by Crippen LogP contribution is -2.70. The largest absolute Gasteiger partial charge is 0.480 e. The van der Waals surface area contributed by atoms with Gasteiger partial charge in [-0.25, -0.2) is 9.78 Å². The highest BCUT2D eigenvalue weighted by molar-refractivity contribution is 8.01. The Morgan fingerprint density at radius 3 is 2.78 bits per heavy atom. The summed E-state index contributed by atoms with van der Waals surface area (Å²) in [7, 11) is 1.72. The van der Waals surface area contributed by atoms with E-state index in [9.17, 15) is 19.5 Å². The molecule has 2 amide bonds. The van der Waals surface area contributed by atoms with Gasteiger partial charge in [0.05, 0.1) is 11.8 Å². The van der Waals surface area contributed by atoms with Crippen molar-refractivity contribution in [3.05, 3.63) is 11.1 Å². The molecule has 0 bridgehead atoms. The zero-order chi connectivity index (χ0) is 23.2. The molecule has 9 nitrogen and oxygen atoms in total.